The van der Waals surface area contributed by atoms with E-state index < -0.39 is 0 Å². The highest BCUT2D eigenvalue weighted by molar-refractivity contribution is 6.31. The highest BCUT2D eigenvalue weighted by Crippen LogP contribution is 2.27. The number of anilines is 1. The Hall–Kier alpha value is -1.59. The van der Waals surface area contributed by atoms with E-state index in [4.69, 9.17) is 33.7 Å². The third-order valence-corrected chi connectivity index (χ3v) is 2.09. The zero-order valence-electron chi connectivity index (χ0n) is 7.89. The van der Waals surface area contributed by atoms with E-state index in [9.17, 15) is 0 Å². The zero-order chi connectivity index (χ0) is 11.5. The minimum absolute atomic E-state index is 0.0781. The number of ether oxygens (including phenoxy) is 1. The van der Waals surface area contributed by atoms with Gasteiger partial charge in [0.1, 0.15) is 10.8 Å². The summed E-state index contributed by atoms with van der Waals surface area (Å²) < 4.78 is 5.36. The summed E-state index contributed by atoms with van der Waals surface area (Å²) in [5.41, 5.74) is 5.41. The molecule has 2 aromatic rings. The van der Waals surface area contributed by atoms with Crippen LogP contribution < -0.4 is 10.5 Å². The molecule has 0 spiro atoms. The first-order valence-electron chi connectivity index (χ1n) is 4.21. The van der Waals surface area contributed by atoms with Crippen molar-refractivity contribution in [3.8, 4) is 11.6 Å². The molecule has 0 unspecified atom stereocenters. The number of nitrogens with zero attached hydrogens (tertiary/aromatic N) is 3. The summed E-state index contributed by atoms with van der Waals surface area (Å²) in [6, 6.07) is 1.59. The fourth-order valence-corrected chi connectivity index (χ4v) is 1.29. The highest BCUT2D eigenvalue weighted by atomic mass is 35.5. The van der Waals surface area contributed by atoms with Crippen LogP contribution in [-0.4, -0.2) is 15.0 Å². The predicted octanol–water partition coefficient (Wildman–Crippen LogP) is 2.55. The summed E-state index contributed by atoms with van der Waals surface area (Å²) in [5.74, 6) is 0.667. The quantitative estimate of drug-likeness (QED) is 0.894. The second kappa shape index (κ2) is 4.51. The van der Waals surface area contributed by atoms with E-state index in [1.807, 2.05) is 0 Å². The van der Waals surface area contributed by atoms with Crippen LogP contribution in [0, 0.1) is 0 Å². The van der Waals surface area contributed by atoms with Crippen LogP contribution in [0.1, 0.15) is 0 Å². The average Bonchev–Trinajstić information content (AvgIpc) is 2.24. The van der Waals surface area contributed by atoms with Gasteiger partial charge in [-0.25, -0.2) is 4.98 Å². The third-order valence-electron chi connectivity index (χ3n) is 1.62. The van der Waals surface area contributed by atoms with Crippen molar-refractivity contribution in [3.05, 3.63) is 34.7 Å². The number of hydrogen-bond donors (Lipinski definition) is 1. The lowest BCUT2D eigenvalue weighted by atomic mass is 10.4. The number of rotatable bonds is 2. The first-order chi connectivity index (χ1) is 7.65. The molecule has 0 aromatic carbocycles. The summed E-state index contributed by atoms with van der Waals surface area (Å²) in [6.45, 7) is 0. The van der Waals surface area contributed by atoms with Crippen LogP contribution in [0.2, 0.25) is 10.0 Å². The topological polar surface area (TPSA) is 73.9 Å². The Morgan fingerprint density at radius 2 is 2.00 bits per heavy atom. The molecule has 5 nitrogen and oxygen atoms in total. The van der Waals surface area contributed by atoms with E-state index in [-0.39, 0.29) is 16.9 Å². The predicted molar refractivity (Wildman–Crippen MR) is 60.8 cm³/mol. The van der Waals surface area contributed by atoms with Crippen molar-refractivity contribution in [2.24, 2.45) is 0 Å². The van der Waals surface area contributed by atoms with E-state index in [1.54, 1.807) is 6.07 Å². The average molecular weight is 257 g/mol. The molecule has 0 aliphatic rings. The second-order valence-electron chi connectivity index (χ2n) is 2.82. The molecular weight excluding hydrogens is 251 g/mol. The van der Waals surface area contributed by atoms with Gasteiger partial charge in [0, 0.05) is 12.3 Å². The van der Waals surface area contributed by atoms with Gasteiger partial charge in [-0.2, -0.15) is 4.98 Å². The standard InChI is InChI=1S/C9H6Cl2N4O/c10-5-1-6(3-13-2-5)16-8-7(11)4-14-9(12)15-8/h1-4H,(H2,12,14,15). The van der Waals surface area contributed by atoms with Crippen molar-refractivity contribution < 1.29 is 4.74 Å². The van der Waals surface area contributed by atoms with E-state index in [1.165, 1.54) is 18.6 Å². The fraction of sp³-hybridized carbons (Fsp3) is 0. The van der Waals surface area contributed by atoms with Gasteiger partial charge in [-0.3, -0.25) is 4.98 Å². The molecule has 0 radical (unpaired) electrons. The van der Waals surface area contributed by atoms with Crippen LogP contribution in [0.5, 0.6) is 11.6 Å². The third kappa shape index (κ3) is 2.50. The molecule has 0 saturated heterocycles. The van der Waals surface area contributed by atoms with Gasteiger partial charge in [0.15, 0.2) is 0 Å². The van der Waals surface area contributed by atoms with Crippen molar-refractivity contribution in [2.75, 3.05) is 5.73 Å². The molecule has 7 heteroatoms. The smallest absolute Gasteiger partial charge is 0.243 e. The van der Waals surface area contributed by atoms with Crippen LogP contribution in [0.3, 0.4) is 0 Å². The zero-order valence-corrected chi connectivity index (χ0v) is 9.40. The molecule has 0 fully saturated rings. The number of hydrogen-bond acceptors (Lipinski definition) is 5. The summed E-state index contributed by atoms with van der Waals surface area (Å²) in [7, 11) is 0. The molecule has 0 atom stereocenters. The van der Waals surface area contributed by atoms with Gasteiger partial charge in [0.05, 0.1) is 17.4 Å². The Kier molecular flexibility index (Phi) is 3.07. The minimum atomic E-state index is 0.0781. The Morgan fingerprint density at radius 3 is 2.75 bits per heavy atom. The SMILES string of the molecule is Nc1ncc(Cl)c(Oc2cncc(Cl)c2)n1. The summed E-state index contributed by atoms with van der Waals surface area (Å²) in [6.07, 6.45) is 4.34. The van der Waals surface area contributed by atoms with Crippen molar-refractivity contribution in [1.29, 1.82) is 0 Å². The molecule has 2 rings (SSSR count). The summed E-state index contributed by atoms with van der Waals surface area (Å²) in [5, 5.41) is 0.713. The molecule has 2 heterocycles. The molecule has 0 amide bonds. The van der Waals surface area contributed by atoms with Gasteiger partial charge in [-0.1, -0.05) is 23.2 Å². The van der Waals surface area contributed by atoms with Gasteiger partial charge in [-0.15, -0.1) is 0 Å². The highest BCUT2D eigenvalue weighted by Gasteiger charge is 2.07. The van der Waals surface area contributed by atoms with Crippen LogP contribution in [0.4, 0.5) is 5.95 Å². The molecule has 0 aliphatic carbocycles. The van der Waals surface area contributed by atoms with Crippen molar-refractivity contribution >= 4 is 29.2 Å². The van der Waals surface area contributed by atoms with E-state index in [0.29, 0.717) is 10.8 Å². The second-order valence-corrected chi connectivity index (χ2v) is 3.67. The van der Waals surface area contributed by atoms with Crippen LogP contribution in [0.25, 0.3) is 0 Å². The lowest BCUT2D eigenvalue weighted by Gasteiger charge is -2.05. The number of pyridine rings is 1. The normalized spacial score (nSPS) is 10.1. The monoisotopic (exact) mass is 256 g/mol. The van der Waals surface area contributed by atoms with E-state index in [0.717, 1.165) is 0 Å². The first kappa shape index (κ1) is 10.9. The van der Waals surface area contributed by atoms with Crippen molar-refractivity contribution in [3.63, 3.8) is 0 Å². The first-order valence-corrected chi connectivity index (χ1v) is 4.97. The van der Waals surface area contributed by atoms with Gasteiger partial charge >= 0.3 is 0 Å². The molecule has 16 heavy (non-hydrogen) atoms. The lowest BCUT2D eigenvalue weighted by molar-refractivity contribution is 0.461. The molecular formula is C9H6Cl2N4O. The Bertz CT molecular complexity index is 521. The maximum Gasteiger partial charge on any atom is 0.243 e. The summed E-state index contributed by atoms with van der Waals surface area (Å²) in [4.78, 5) is 11.4. The molecule has 0 aliphatic heterocycles. The van der Waals surface area contributed by atoms with E-state index >= 15 is 0 Å². The Labute approximate surface area is 101 Å². The van der Waals surface area contributed by atoms with Gasteiger partial charge in [0.25, 0.3) is 0 Å². The molecule has 2 aromatic heterocycles. The molecule has 82 valence electrons. The maximum absolute atomic E-state index is 5.83. The molecule has 0 saturated carbocycles. The van der Waals surface area contributed by atoms with Gasteiger partial charge in [-0.05, 0) is 0 Å². The maximum atomic E-state index is 5.83. The van der Waals surface area contributed by atoms with Crippen LogP contribution >= 0.6 is 23.2 Å². The number of aromatic nitrogens is 3. The Morgan fingerprint density at radius 1 is 1.19 bits per heavy atom. The van der Waals surface area contributed by atoms with Crippen LogP contribution in [-0.2, 0) is 0 Å². The number of nitrogen functional groups attached to an aromatic ring is 1. The van der Waals surface area contributed by atoms with Crippen molar-refractivity contribution in [1.82, 2.24) is 15.0 Å². The van der Waals surface area contributed by atoms with Gasteiger partial charge in [0.2, 0.25) is 11.8 Å². The number of nitrogens with two attached hydrogens (primary N) is 1. The molecule has 2 N–H and O–H groups in total. The van der Waals surface area contributed by atoms with E-state index in [2.05, 4.69) is 15.0 Å². The number of halogens is 2. The molecule has 0 bridgehead atoms. The van der Waals surface area contributed by atoms with Crippen molar-refractivity contribution in [2.45, 2.75) is 0 Å². The largest absolute Gasteiger partial charge is 0.436 e. The van der Waals surface area contributed by atoms with Crippen LogP contribution in [0.15, 0.2) is 24.7 Å². The minimum Gasteiger partial charge on any atom is -0.436 e. The Balaban J connectivity index is 2.30. The lowest BCUT2D eigenvalue weighted by Crippen LogP contribution is -1.97. The summed E-state index contributed by atoms with van der Waals surface area (Å²) >= 11 is 11.6. The van der Waals surface area contributed by atoms with Gasteiger partial charge < -0.3 is 10.5 Å². The fourth-order valence-electron chi connectivity index (χ4n) is 0.996.